The molecule has 2 N–H and O–H groups in total. The number of anilines is 2. The monoisotopic (exact) mass is 467 g/mol. The number of hydrogen-bond donors (Lipinski definition) is 2. The van der Waals surface area contributed by atoms with Gasteiger partial charge in [-0.25, -0.2) is 14.2 Å². The second-order valence-corrected chi connectivity index (χ2v) is 8.06. The van der Waals surface area contributed by atoms with Crippen LogP contribution in [0.3, 0.4) is 0 Å². The van der Waals surface area contributed by atoms with Crippen molar-refractivity contribution in [2.24, 2.45) is 0 Å². The van der Waals surface area contributed by atoms with Gasteiger partial charge in [0.1, 0.15) is 6.54 Å². The van der Waals surface area contributed by atoms with Crippen molar-refractivity contribution >= 4 is 40.1 Å². The van der Waals surface area contributed by atoms with E-state index in [2.05, 4.69) is 10.3 Å². The van der Waals surface area contributed by atoms with E-state index < -0.39 is 17.3 Å². The maximum Gasteiger partial charge on any atom is 0.354 e. The van der Waals surface area contributed by atoms with E-state index >= 15 is 0 Å². The van der Waals surface area contributed by atoms with E-state index in [1.807, 2.05) is 19.1 Å². The van der Waals surface area contributed by atoms with Crippen molar-refractivity contribution in [3.8, 4) is 0 Å². The molecule has 0 atom stereocenters. The number of aromatic nitrogens is 4. The second-order valence-electron chi connectivity index (χ2n) is 7.62. The van der Waals surface area contributed by atoms with E-state index in [1.54, 1.807) is 47.9 Å². The summed E-state index contributed by atoms with van der Waals surface area (Å²) in [6.07, 6.45) is 0. The lowest BCUT2D eigenvalue weighted by Crippen LogP contribution is -2.42. The quantitative estimate of drug-likeness (QED) is 0.431. The number of carboxylic acid groups (broad SMARTS) is 1. The number of aryl methyl sites for hydroxylation is 1. The lowest BCUT2D eigenvalue weighted by atomic mass is 10.2. The molecule has 9 nitrogen and oxygen atoms in total. The van der Waals surface area contributed by atoms with E-state index in [0.29, 0.717) is 10.7 Å². The molecule has 0 amide bonds. The summed E-state index contributed by atoms with van der Waals surface area (Å²) < 4.78 is 4.18. The van der Waals surface area contributed by atoms with E-state index in [-0.39, 0.29) is 25.6 Å². The standard InChI is InChI=1S/C23H22ClN5O4/c1-3-27-22(32)26-21(29(23(27)33)12-15-4-6-17(24)7-5-15)25-18-8-9-19-16(11-18)10-14(2)28(19)13-20(30)31/h4-11H,3,12-13H2,1-2H3,(H,30,31)(H,25,26,32). The number of nitrogens with zero attached hydrogens (tertiary/aromatic N) is 4. The van der Waals surface area contributed by atoms with Gasteiger partial charge in [0.25, 0.3) is 0 Å². The maximum atomic E-state index is 13.0. The zero-order chi connectivity index (χ0) is 23.7. The predicted octanol–water partition coefficient (Wildman–Crippen LogP) is 3.22. The zero-order valence-electron chi connectivity index (χ0n) is 18.1. The Morgan fingerprint density at radius 1 is 1.06 bits per heavy atom. The molecular weight excluding hydrogens is 446 g/mol. The van der Waals surface area contributed by atoms with Crippen LogP contribution >= 0.6 is 11.6 Å². The highest BCUT2D eigenvalue weighted by Gasteiger charge is 2.15. The first-order valence-corrected chi connectivity index (χ1v) is 10.7. The molecule has 4 aromatic rings. The van der Waals surface area contributed by atoms with Crippen molar-refractivity contribution in [3.63, 3.8) is 0 Å². The summed E-state index contributed by atoms with van der Waals surface area (Å²) in [6, 6.07) is 14.3. The van der Waals surface area contributed by atoms with E-state index in [1.165, 1.54) is 4.57 Å². The van der Waals surface area contributed by atoms with Gasteiger partial charge in [-0.3, -0.25) is 9.36 Å². The van der Waals surface area contributed by atoms with Crippen molar-refractivity contribution in [2.75, 3.05) is 5.32 Å². The number of carboxylic acids is 1. The van der Waals surface area contributed by atoms with Crippen LogP contribution in [0.2, 0.25) is 5.02 Å². The largest absolute Gasteiger partial charge is 0.480 e. The Hall–Kier alpha value is -3.85. The average molecular weight is 468 g/mol. The Balaban J connectivity index is 1.76. The van der Waals surface area contributed by atoms with Crippen LogP contribution in [0.4, 0.5) is 11.6 Å². The Labute approximate surface area is 193 Å². The van der Waals surface area contributed by atoms with Gasteiger partial charge < -0.3 is 15.0 Å². The summed E-state index contributed by atoms with van der Waals surface area (Å²) in [7, 11) is 0. The van der Waals surface area contributed by atoms with E-state index in [9.17, 15) is 14.4 Å². The van der Waals surface area contributed by atoms with Gasteiger partial charge in [0, 0.05) is 33.9 Å². The van der Waals surface area contributed by atoms with E-state index in [0.717, 1.165) is 26.7 Å². The van der Waals surface area contributed by atoms with Crippen LogP contribution in [0.15, 0.2) is 58.1 Å². The van der Waals surface area contributed by atoms with Gasteiger partial charge in [-0.15, -0.1) is 0 Å². The third-order valence-corrected chi connectivity index (χ3v) is 5.63. The fourth-order valence-corrected chi connectivity index (χ4v) is 3.90. The summed E-state index contributed by atoms with van der Waals surface area (Å²) in [5.41, 5.74) is 1.91. The number of benzene rings is 2. The maximum absolute atomic E-state index is 13.0. The minimum atomic E-state index is -0.926. The molecule has 33 heavy (non-hydrogen) atoms. The van der Waals surface area contributed by atoms with E-state index in [4.69, 9.17) is 16.7 Å². The molecule has 0 aliphatic heterocycles. The number of hydrogen-bond acceptors (Lipinski definition) is 5. The lowest BCUT2D eigenvalue weighted by Gasteiger charge is -2.15. The lowest BCUT2D eigenvalue weighted by molar-refractivity contribution is -0.137. The van der Waals surface area contributed by atoms with Crippen LogP contribution in [-0.2, 0) is 24.4 Å². The highest BCUT2D eigenvalue weighted by molar-refractivity contribution is 6.30. The summed E-state index contributed by atoms with van der Waals surface area (Å²) >= 11 is 5.97. The third kappa shape index (κ3) is 4.54. The Morgan fingerprint density at radius 3 is 2.45 bits per heavy atom. The normalized spacial score (nSPS) is 11.1. The number of aliphatic carboxylic acids is 1. The Kier molecular flexibility index (Phi) is 6.06. The van der Waals surface area contributed by atoms with Gasteiger partial charge in [0.05, 0.1) is 6.54 Å². The average Bonchev–Trinajstić information content (AvgIpc) is 3.06. The number of halogens is 1. The topological polar surface area (TPSA) is 111 Å². The SMILES string of the molecule is CCn1c(=O)nc(Nc2ccc3c(c2)cc(C)n3CC(=O)O)n(Cc2ccc(Cl)cc2)c1=O. The van der Waals surface area contributed by atoms with Crippen molar-refractivity contribution < 1.29 is 9.90 Å². The van der Waals surface area contributed by atoms with Gasteiger partial charge in [0.2, 0.25) is 5.95 Å². The minimum absolute atomic E-state index is 0.116. The van der Waals surface area contributed by atoms with Crippen LogP contribution in [0.1, 0.15) is 18.2 Å². The first kappa shape index (κ1) is 22.3. The van der Waals surface area contributed by atoms with Crippen LogP contribution in [0.25, 0.3) is 10.9 Å². The van der Waals surface area contributed by atoms with Crippen LogP contribution in [0.5, 0.6) is 0 Å². The predicted molar refractivity (Wildman–Crippen MR) is 127 cm³/mol. The molecule has 0 aliphatic carbocycles. The molecule has 0 bridgehead atoms. The zero-order valence-corrected chi connectivity index (χ0v) is 18.8. The van der Waals surface area contributed by atoms with Crippen molar-refractivity contribution in [1.82, 2.24) is 18.7 Å². The summed E-state index contributed by atoms with van der Waals surface area (Å²) in [5.74, 6) is -0.810. The molecule has 0 fully saturated rings. The molecule has 0 radical (unpaired) electrons. The Morgan fingerprint density at radius 2 is 1.79 bits per heavy atom. The van der Waals surface area contributed by atoms with Gasteiger partial charge in [0.15, 0.2) is 0 Å². The van der Waals surface area contributed by atoms with Crippen LogP contribution in [-0.4, -0.2) is 29.8 Å². The van der Waals surface area contributed by atoms with Gasteiger partial charge >= 0.3 is 17.3 Å². The summed E-state index contributed by atoms with van der Waals surface area (Å²) in [5, 5.41) is 13.7. The molecule has 170 valence electrons. The van der Waals surface area contributed by atoms with Crippen molar-refractivity contribution in [3.05, 3.63) is 85.8 Å². The fraction of sp³-hybridized carbons (Fsp3) is 0.217. The molecule has 2 aromatic carbocycles. The number of carbonyl (C=O) groups is 1. The first-order chi connectivity index (χ1) is 15.8. The van der Waals surface area contributed by atoms with Crippen LogP contribution < -0.4 is 16.7 Å². The highest BCUT2D eigenvalue weighted by Crippen LogP contribution is 2.25. The molecule has 0 spiro atoms. The third-order valence-electron chi connectivity index (χ3n) is 5.38. The fourth-order valence-electron chi connectivity index (χ4n) is 3.77. The molecule has 10 heteroatoms. The molecule has 0 aliphatic rings. The van der Waals surface area contributed by atoms with Gasteiger partial charge in [-0.1, -0.05) is 23.7 Å². The molecule has 4 rings (SSSR count). The summed E-state index contributed by atoms with van der Waals surface area (Å²) in [6.45, 7) is 3.81. The number of rotatable bonds is 7. The van der Waals surface area contributed by atoms with Gasteiger partial charge in [-0.05, 0) is 55.8 Å². The smallest absolute Gasteiger partial charge is 0.354 e. The van der Waals surface area contributed by atoms with Crippen molar-refractivity contribution in [1.29, 1.82) is 0 Å². The highest BCUT2D eigenvalue weighted by atomic mass is 35.5. The summed E-state index contributed by atoms with van der Waals surface area (Å²) in [4.78, 5) is 40.7. The molecule has 2 heterocycles. The molecule has 0 saturated carbocycles. The Bertz CT molecular complexity index is 1470. The van der Waals surface area contributed by atoms with Crippen LogP contribution in [0, 0.1) is 6.92 Å². The number of fused-ring (bicyclic) bond motifs is 1. The number of nitrogens with one attached hydrogen (secondary N) is 1. The first-order valence-electron chi connectivity index (χ1n) is 10.3. The molecular formula is C23H22ClN5O4. The van der Waals surface area contributed by atoms with Crippen molar-refractivity contribution in [2.45, 2.75) is 33.5 Å². The molecule has 0 unspecified atom stereocenters. The second kappa shape index (κ2) is 8.95. The molecule has 0 saturated heterocycles. The van der Waals surface area contributed by atoms with Gasteiger partial charge in [-0.2, -0.15) is 4.98 Å². The molecule has 2 aromatic heterocycles. The minimum Gasteiger partial charge on any atom is -0.480 e.